The number of amides is 3. The topological polar surface area (TPSA) is 181 Å². The molecule has 0 unspecified atom stereocenters. The predicted molar refractivity (Wildman–Crippen MR) is 191 cm³/mol. The van der Waals surface area contributed by atoms with Gasteiger partial charge in [0, 0.05) is 44.7 Å². The number of hydrogen-bond acceptors (Lipinski definition) is 9. The van der Waals surface area contributed by atoms with E-state index in [-0.39, 0.29) is 59.0 Å². The molecule has 14 heteroatoms. The Morgan fingerprint density at radius 1 is 0.906 bits per heavy atom. The lowest BCUT2D eigenvalue weighted by Gasteiger charge is -2.24. The number of furan rings is 1. The first kappa shape index (κ1) is 40.0. The molecule has 3 aromatic carbocycles. The zero-order chi connectivity index (χ0) is 38.8. The van der Waals surface area contributed by atoms with Crippen molar-refractivity contribution in [3.8, 4) is 0 Å². The van der Waals surface area contributed by atoms with E-state index in [9.17, 15) is 32.8 Å². The lowest BCUT2D eigenvalue weighted by atomic mass is 10.0. The molecule has 2 heterocycles. The number of anilines is 1. The van der Waals surface area contributed by atoms with Gasteiger partial charge in [-0.05, 0) is 71.8 Å². The molecule has 12 nitrogen and oxygen atoms in total. The van der Waals surface area contributed by atoms with Crippen molar-refractivity contribution in [3.63, 3.8) is 0 Å². The van der Waals surface area contributed by atoms with Crippen LogP contribution >= 0.6 is 0 Å². The molecule has 1 aliphatic heterocycles. The Morgan fingerprint density at radius 3 is 2.23 bits per heavy atom. The molecule has 1 aliphatic rings. The third-order valence-corrected chi connectivity index (χ3v) is 8.08. The van der Waals surface area contributed by atoms with Crippen molar-refractivity contribution in [3.05, 3.63) is 124 Å². The van der Waals surface area contributed by atoms with Crippen molar-refractivity contribution >= 4 is 35.5 Å². The quantitative estimate of drug-likeness (QED) is 0.0941. The number of halogens is 2. The number of carbonyl (C=O) groups is 5. The van der Waals surface area contributed by atoms with E-state index in [1.54, 1.807) is 0 Å². The highest BCUT2D eigenvalue weighted by Crippen LogP contribution is 2.25. The number of carboxylic acids is 1. The van der Waals surface area contributed by atoms with Crippen molar-refractivity contribution < 1.29 is 47.0 Å². The maximum Gasteiger partial charge on any atom is 0.374 e. The summed E-state index contributed by atoms with van der Waals surface area (Å²) in [5.74, 6) is -4.25. The van der Waals surface area contributed by atoms with E-state index < -0.39 is 41.6 Å². The molecule has 1 aromatic heterocycles. The Hall–Kier alpha value is -5.73. The van der Waals surface area contributed by atoms with E-state index in [0.717, 1.165) is 18.1 Å². The second kappa shape index (κ2) is 18.2. The fourth-order valence-corrected chi connectivity index (χ4v) is 5.57. The van der Waals surface area contributed by atoms with Crippen molar-refractivity contribution in [1.29, 1.82) is 0 Å². The van der Waals surface area contributed by atoms with E-state index in [4.69, 9.17) is 20.0 Å². The van der Waals surface area contributed by atoms with Gasteiger partial charge in [-0.2, -0.15) is 0 Å². The minimum absolute atomic E-state index is 0.0151. The molecular formula is C39H42F2N4O8. The van der Waals surface area contributed by atoms with Gasteiger partial charge in [0.15, 0.2) is 0 Å². The van der Waals surface area contributed by atoms with Crippen molar-refractivity contribution in [2.45, 2.75) is 59.2 Å². The zero-order valence-corrected chi connectivity index (χ0v) is 29.8. The van der Waals surface area contributed by atoms with Gasteiger partial charge >= 0.3 is 11.9 Å². The number of benzene rings is 3. The summed E-state index contributed by atoms with van der Waals surface area (Å²) in [5, 5.41) is 14.5. The summed E-state index contributed by atoms with van der Waals surface area (Å²) in [4.78, 5) is 59.9. The average molecular weight is 733 g/mol. The third-order valence-electron chi connectivity index (χ3n) is 8.08. The van der Waals surface area contributed by atoms with Gasteiger partial charge in [0.25, 0.3) is 11.8 Å². The van der Waals surface area contributed by atoms with Crippen molar-refractivity contribution in [2.24, 2.45) is 11.7 Å². The standard InChI is InChI=1S/C26H29F2N3O4.C13H13NO4/c1-3-17-5-4-6-18(9-17)14-30-15-24(22(29)12-19-10-20(27)13-21(28)11-19)35-26(33)23-7-8-25(34-23)31-16(2)32;1-7(2)6-14-11(15)9-4-3-8(13(17)18)5-10(9)12(14)16/h4-11,13,22,24,30H,3,12,14-15,29H2,1-2H3,(H,31,32);3-5,7H,6H2,1-2H3,(H,17,18)/t22-,24+;/m0./s1. The summed E-state index contributed by atoms with van der Waals surface area (Å²) in [6, 6.07) is 17.3. The third kappa shape index (κ3) is 11.1. The smallest absolute Gasteiger partial charge is 0.374 e. The number of nitrogens with one attached hydrogen (secondary N) is 2. The maximum absolute atomic E-state index is 13.6. The molecule has 0 aliphatic carbocycles. The molecule has 0 saturated carbocycles. The molecule has 3 amide bonds. The number of imide groups is 1. The molecule has 280 valence electrons. The molecule has 0 saturated heterocycles. The summed E-state index contributed by atoms with van der Waals surface area (Å²) in [6.07, 6.45) is 0.152. The van der Waals surface area contributed by atoms with Crippen LogP contribution < -0.4 is 16.4 Å². The lowest BCUT2D eigenvalue weighted by Crippen LogP contribution is -2.45. The fourth-order valence-electron chi connectivity index (χ4n) is 5.57. The molecule has 5 rings (SSSR count). The van der Waals surface area contributed by atoms with Crippen molar-refractivity contribution in [2.75, 3.05) is 18.4 Å². The molecule has 0 bridgehead atoms. The lowest BCUT2D eigenvalue weighted by molar-refractivity contribution is -0.114. The van der Waals surface area contributed by atoms with Gasteiger partial charge in [-0.15, -0.1) is 0 Å². The number of ether oxygens (including phenoxy) is 1. The Balaban J connectivity index is 0.000000291. The highest BCUT2D eigenvalue weighted by Gasteiger charge is 2.36. The number of rotatable bonds is 14. The highest BCUT2D eigenvalue weighted by molar-refractivity contribution is 6.21. The summed E-state index contributed by atoms with van der Waals surface area (Å²) in [5.41, 5.74) is 9.40. The first-order valence-corrected chi connectivity index (χ1v) is 17.0. The molecule has 0 fully saturated rings. The van der Waals surface area contributed by atoms with Gasteiger partial charge in [-0.1, -0.05) is 45.0 Å². The largest absolute Gasteiger partial charge is 0.478 e. The van der Waals surface area contributed by atoms with Crippen LogP contribution in [0.25, 0.3) is 0 Å². The molecule has 0 radical (unpaired) electrons. The van der Waals surface area contributed by atoms with Crippen LogP contribution in [0.4, 0.5) is 14.7 Å². The molecule has 2 atom stereocenters. The monoisotopic (exact) mass is 732 g/mol. The van der Waals surface area contributed by atoms with Crippen LogP contribution in [0.1, 0.15) is 86.0 Å². The number of hydrogen-bond donors (Lipinski definition) is 4. The van der Waals surface area contributed by atoms with Gasteiger partial charge in [0.05, 0.1) is 16.7 Å². The number of carbonyl (C=O) groups excluding carboxylic acids is 4. The maximum atomic E-state index is 13.6. The van der Waals surface area contributed by atoms with E-state index in [1.165, 1.54) is 59.9 Å². The van der Waals surface area contributed by atoms with Crippen LogP contribution in [0.15, 0.2) is 77.2 Å². The molecule has 53 heavy (non-hydrogen) atoms. The van der Waals surface area contributed by atoms with Crippen LogP contribution in [0.5, 0.6) is 0 Å². The number of nitrogens with two attached hydrogens (primary N) is 1. The van der Waals surface area contributed by atoms with Gasteiger partial charge in [0.2, 0.25) is 17.6 Å². The first-order chi connectivity index (χ1) is 25.1. The van der Waals surface area contributed by atoms with Crippen LogP contribution in [-0.2, 0) is 28.9 Å². The van der Waals surface area contributed by atoms with E-state index in [1.807, 2.05) is 32.0 Å². The Morgan fingerprint density at radius 2 is 1.58 bits per heavy atom. The number of fused-ring (bicyclic) bond motifs is 1. The first-order valence-electron chi connectivity index (χ1n) is 17.0. The van der Waals surface area contributed by atoms with Gasteiger partial charge in [0.1, 0.15) is 17.7 Å². The molecule has 0 spiro atoms. The minimum atomic E-state index is -1.11. The van der Waals surface area contributed by atoms with Crippen LogP contribution in [0.3, 0.4) is 0 Å². The Kier molecular flexibility index (Phi) is 13.7. The van der Waals surface area contributed by atoms with Crippen LogP contribution in [0, 0.1) is 17.6 Å². The number of nitrogens with zero attached hydrogens (tertiary/aromatic N) is 1. The van der Waals surface area contributed by atoms with E-state index in [2.05, 4.69) is 23.6 Å². The van der Waals surface area contributed by atoms with E-state index >= 15 is 0 Å². The summed E-state index contributed by atoms with van der Waals surface area (Å²) < 4.78 is 38.2. The zero-order valence-electron chi connectivity index (χ0n) is 29.8. The minimum Gasteiger partial charge on any atom is -0.478 e. The fraction of sp³-hybridized carbons (Fsp3) is 0.308. The van der Waals surface area contributed by atoms with Gasteiger partial charge in [-0.3, -0.25) is 24.6 Å². The average Bonchev–Trinajstić information content (AvgIpc) is 3.65. The Bertz CT molecular complexity index is 1960. The van der Waals surface area contributed by atoms with Gasteiger partial charge < -0.3 is 25.3 Å². The second-order valence-corrected chi connectivity index (χ2v) is 12.9. The number of esters is 1. The highest BCUT2D eigenvalue weighted by atomic mass is 19.1. The van der Waals surface area contributed by atoms with Crippen LogP contribution in [0.2, 0.25) is 0 Å². The second-order valence-electron chi connectivity index (χ2n) is 12.9. The number of aryl methyl sites for hydroxylation is 1. The Labute approximate surface area is 305 Å². The summed E-state index contributed by atoms with van der Waals surface area (Å²) >= 11 is 0. The molecule has 4 aromatic rings. The normalized spacial score (nSPS) is 13.2. The van der Waals surface area contributed by atoms with Crippen molar-refractivity contribution in [1.82, 2.24) is 10.2 Å². The molecular weight excluding hydrogens is 690 g/mol. The molecule has 5 N–H and O–H groups in total. The van der Waals surface area contributed by atoms with Gasteiger partial charge in [-0.25, -0.2) is 18.4 Å². The summed E-state index contributed by atoms with van der Waals surface area (Å²) in [7, 11) is 0. The van der Waals surface area contributed by atoms with E-state index in [0.29, 0.717) is 18.7 Å². The van der Waals surface area contributed by atoms with Crippen LogP contribution in [-0.4, -0.2) is 64.9 Å². The SMILES string of the molecule is CC(C)CN1C(=O)c2ccc(C(=O)O)cc2C1=O.CCc1cccc(CNC[C@@H](OC(=O)c2ccc(NC(C)=O)o2)[C@@H](N)Cc2cc(F)cc(F)c2)c1. The summed E-state index contributed by atoms with van der Waals surface area (Å²) in [6.45, 7) is 8.25. The number of carboxylic acid groups (broad SMARTS) is 1. The predicted octanol–water partition coefficient (Wildman–Crippen LogP) is 5.60. The number of aromatic carboxylic acids is 1.